The van der Waals surface area contributed by atoms with Crippen LogP contribution in [0, 0.1) is 0 Å². The first kappa shape index (κ1) is 26.5. The van der Waals surface area contributed by atoms with Gasteiger partial charge >= 0.3 is 0 Å². The molecule has 1 fully saturated rings. The zero-order valence-electron chi connectivity index (χ0n) is 23.1. The van der Waals surface area contributed by atoms with Gasteiger partial charge in [0.2, 0.25) is 0 Å². The average molecular weight is 553 g/mol. The number of nitrogens with zero attached hydrogens (tertiary/aromatic N) is 4. The summed E-state index contributed by atoms with van der Waals surface area (Å²) in [4.78, 5) is 16.1. The number of benzene rings is 2. The van der Waals surface area contributed by atoms with Gasteiger partial charge in [0.25, 0.3) is 0 Å². The number of anilines is 3. The van der Waals surface area contributed by atoms with E-state index in [9.17, 15) is 0 Å². The molecule has 210 valence electrons. The number of fused-ring (bicyclic) bond motifs is 3. The predicted octanol–water partition coefficient (Wildman–Crippen LogP) is 4.90. The van der Waals surface area contributed by atoms with Crippen molar-refractivity contribution in [1.82, 2.24) is 19.9 Å². The molecule has 0 saturated carbocycles. The van der Waals surface area contributed by atoms with E-state index in [0.29, 0.717) is 29.6 Å². The molecule has 1 aliphatic heterocycles. The van der Waals surface area contributed by atoms with Gasteiger partial charge in [-0.25, -0.2) is 4.98 Å². The molecule has 0 aliphatic carbocycles. The number of nitrogens with one attached hydrogen (secondary N) is 1. The third kappa shape index (κ3) is 5.65. The summed E-state index contributed by atoms with van der Waals surface area (Å²) in [6, 6.07) is 15.7. The summed E-state index contributed by atoms with van der Waals surface area (Å²) in [7, 11) is 3.22. The molecular weight excluding hydrogens is 520 g/mol. The molecule has 5 aromatic rings. The van der Waals surface area contributed by atoms with Gasteiger partial charge in [0.15, 0.2) is 11.5 Å². The Bertz CT molecular complexity index is 1690. The van der Waals surface area contributed by atoms with Crippen molar-refractivity contribution < 1.29 is 18.9 Å². The third-order valence-electron chi connectivity index (χ3n) is 7.18. The fourth-order valence-electron chi connectivity index (χ4n) is 5.02. The molecule has 3 N–H and O–H groups in total. The van der Waals surface area contributed by atoms with E-state index in [1.54, 1.807) is 32.8 Å². The number of hydrogen-bond acceptors (Lipinski definition) is 10. The van der Waals surface area contributed by atoms with Gasteiger partial charge in [-0.3, -0.25) is 14.9 Å². The maximum Gasteiger partial charge on any atom is 0.162 e. The van der Waals surface area contributed by atoms with E-state index in [4.69, 9.17) is 24.7 Å². The van der Waals surface area contributed by atoms with Crippen molar-refractivity contribution in [1.29, 1.82) is 0 Å². The van der Waals surface area contributed by atoms with Crippen molar-refractivity contribution in [2.75, 3.05) is 64.7 Å². The van der Waals surface area contributed by atoms with Crippen LogP contribution < -0.4 is 25.3 Å². The topological polar surface area (TPSA) is 117 Å². The normalized spacial score (nSPS) is 13.8. The Morgan fingerprint density at radius 1 is 0.902 bits per heavy atom. The highest BCUT2D eigenvalue weighted by atomic mass is 16.5. The van der Waals surface area contributed by atoms with E-state index in [-0.39, 0.29) is 0 Å². The first-order valence-corrected chi connectivity index (χ1v) is 13.5. The Morgan fingerprint density at radius 3 is 2.54 bits per heavy atom. The molecule has 10 heteroatoms. The molecule has 6 rings (SSSR count). The van der Waals surface area contributed by atoms with Crippen LogP contribution in [0.15, 0.2) is 67.1 Å². The zero-order chi connectivity index (χ0) is 28.2. The quantitative estimate of drug-likeness (QED) is 0.245. The number of ether oxygens (including phenoxy) is 4. The van der Waals surface area contributed by atoms with Gasteiger partial charge in [0.05, 0.1) is 56.2 Å². The SMILES string of the molecule is COc1cc2ncc3c(N)nc(-c4cncc(Nc5ccccc5OCCN5CCOCC5)c4)cc3c2cc1OC. The Kier molecular flexibility index (Phi) is 7.66. The number of aromatic nitrogens is 3. The lowest BCUT2D eigenvalue weighted by molar-refractivity contribution is 0.0323. The minimum absolute atomic E-state index is 0.388. The Morgan fingerprint density at radius 2 is 1.71 bits per heavy atom. The van der Waals surface area contributed by atoms with Gasteiger partial charge in [-0.15, -0.1) is 0 Å². The summed E-state index contributed by atoms with van der Waals surface area (Å²) in [5.74, 6) is 2.40. The molecular formula is C31H32N6O4. The molecule has 0 radical (unpaired) electrons. The van der Waals surface area contributed by atoms with Crippen LogP contribution in [0.4, 0.5) is 17.2 Å². The summed E-state index contributed by atoms with van der Waals surface area (Å²) in [5.41, 5.74) is 10.4. The second-order valence-electron chi connectivity index (χ2n) is 9.72. The average Bonchev–Trinajstić information content (AvgIpc) is 3.01. The molecule has 41 heavy (non-hydrogen) atoms. The standard InChI is InChI=1S/C31H32N6O4/c1-38-29-15-23-22-14-26(36-31(32)24(22)19-34-27(23)16-30(29)39-2)20-13-21(18-33-17-20)35-25-5-3-4-6-28(25)41-12-9-37-7-10-40-11-8-37/h3-6,13-19,35H,7-12H2,1-2H3,(H2,32,36). The summed E-state index contributed by atoms with van der Waals surface area (Å²) in [6.07, 6.45) is 5.29. The molecule has 2 aromatic carbocycles. The summed E-state index contributed by atoms with van der Waals surface area (Å²) >= 11 is 0. The lowest BCUT2D eigenvalue weighted by atomic mass is 10.0. The smallest absolute Gasteiger partial charge is 0.162 e. The molecule has 0 atom stereocenters. The molecule has 4 heterocycles. The van der Waals surface area contributed by atoms with E-state index in [1.165, 1.54) is 0 Å². The number of rotatable bonds is 9. The number of para-hydroxylation sites is 2. The zero-order valence-corrected chi connectivity index (χ0v) is 23.1. The van der Waals surface area contributed by atoms with Crippen molar-refractivity contribution in [3.05, 3.63) is 67.1 Å². The van der Waals surface area contributed by atoms with Crippen molar-refractivity contribution >= 4 is 38.9 Å². The van der Waals surface area contributed by atoms with Gasteiger partial charge in [-0.2, -0.15) is 0 Å². The summed E-state index contributed by atoms with van der Waals surface area (Å²) < 4.78 is 22.6. The van der Waals surface area contributed by atoms with Crippen molar-refractivity contribution in [2.45, 2.75) is 0 Å². The predicted molar refractivity (Wildman–Crippen MR) is 160 cm³/mol. The van der Waals surface area contributed by atoms with E-state index >= 15 is 0 Å². The van der Waals surface area contributed by atoms with Crippen LogP contribution in [0.25, 0.3) is 32.9 Å². The van der Waals surface area contributed by atoms with E-state index in [0.717, 1.165) is 77.2 Å². The lowest BCUT2D eigenvalue weighted by Gasteiger charge is -2.26. The second kappa shape index (κ2) is 11.8. The second-order valence-corrected chi connectivity index (χ2v) is 9.72. The number of pyridine rings is 3. The van der Waals surface area contributed by atoms with Gasteiger partial charge < -0.3 is 30.0 Å². The molecule has 10 nitrogen and oxygen atoms in total. The van der Waals surface area contributed by atoms with Gasteiger partial charge in [0, 0.05) is 54.4 Å². The first-order valence-electron chi connectivity index (χ1n) is 13.5. The van der Waals surface area contributed by atoms with Crippen molar-refractivity contribution in [2.24, 2.45) is 0 Å². The van der Waals surface area contributed by atoms with Crippen LogP contribution in [-0.4, -0.2) is 73.5 Å². The highest BCUT2D eigenvalue weighted by molar-refractivity contribution is 6.10. The van der Waals surface area contributed by atoms with E-state index in [2.05, 4.69) is 25.2 Å². The minimum Gasteiger partial charge on any atom is -0.493 e. The highest BCUT2D eigenvalue weighted by Gasteiger charge is 2.15. The maximum absolute atomic E-state index is 6.42. The monoisotopic (exact) mass is 552 g/mol. The molecule has 1 aliphatic rings. The molecule has 3 aromatic heterocycles. The molecule has 0 unspecified atom stereocenters. The number of methoxy groups -OCH3 is 2. The summed E-state index contributed by atoms with van der Waals surface area (Å²) in [6.45, 7) is 4.86. The third-order valence-corrected chi connectivity index (χ3v) is 7.18. The van der Waals surface area contributed by atoms with Gasteiger partial charge in [-0.1, -0.05) is 12.1 Å². The molecule has 0 bridgehead atoms. The first-order chi connectivity index (χ1) is 20.1. The summed E-state index contributed by atoms with van der Waals surface area (Å²) in [5, 5.41) is 6.03. The van der Waals surface area contributed by atoms with E-state index < -0.39 is 0 Å². The van der Waals surface area contributed by atoms with Crippen LogP contribution in [0.3, 0.4) is 0 Å². The fraction of sp³-hybridized carbons (Fsp3) is 0.258. The van der Waals surface area contributed by atoms with Crippen LogP contribution in [0.5, 0.6) is 17.2 Å². The fourth-order valence-corrected chi connectivity index (χ4v) is 5.02. The number of nitrogens with two attached hydrogens (primary N) is 1. The van der Waals surface area contributed by atoms with Crippen LogP contribution in [-0.2, 0) is 4.74 Å². The Hall–Kier alpha value is -4.67. The molecule has 1 saturated heterocycles. The molecule has 0 amide bonds. The van der Waals surface area contributed by atoms with Crippen molar-refractivity contribution in [3.63, 3.8) is 0 Å². The number of morpholine rings is 1. The maximum atomic E-state index is 6.42. The van der Waals surface area contributed by atoms with Crippen LogP contribution in [0.2, 0.25) is 0 Å². The number of nitrogen functional groups attached to an aromatic ring is 1. The van der Waals surface area contributed by atoms with Gasteiger partial charge in [0.1, 0.15) is 18.2 Å². The lowest BCUT2D eigenvalue weighted by Crippen LogP contribution is -2.38. The van der Waals surface area contributed by atoms with Crippen LogP contribution in [0.1, 0.15) is 0 Å². The van der Waals surface area contributed by atoms with E-state index in [1.807, 2.05) is 48.5 Å². The number of hydrogen-bond donors (Lipinski definition) is 2. The largest absolute Gasteiger partial charge is 0.493 e. The Labute approximate surface area is 238 Å². The Balaban J connectivity index is 1.28. The molecule has 0 spiro atoms. The van der Waals surface area contributed by atoms with Gasteiger partial charge in [-0.05, 0) is 35.7 Å². The highest BCUT2D eigenvalue weighted by Crippen LogP contribution is 2.37. The minimum atomic E-state index is 0.388. The van der Waals surface area contributed by atoms with Crippen molar-refractivity contribution in [3.8, 4) is 28.5 Å². The van der Waals surface area contributed by atoms with Crippen LogP contribution >= 0.6 is 0 Å².